The van der Waals surface area contributed by atoms with E-state index in [2.05, 4.69) is 25.7 Å². The Kier molecular flexibility index (Phi) is 9.32. The van der Waals surface area contributed by atoms with Crippen molar-refractivity contribution in [3.63, 3.8) is 0 Å². The highest BCUT2D eigenvalue weighted by Gasteiger charge is 2.45. The number of ketones is 1. The summed E-state index contributed by atoms with van der Waals surface area (Å²) in [5, 5.41) is 21.4. The smallest absolute Gasteiger partial charge is 0.295 e. The van der Waals surface area contributed by atoms with Gasteiger partial charge in [0.1, 0.15) is 17.3 Å². The average Bonchev–Trinajstić information content (AvgIpc) is 3.11. The number of nitrogens with zero attached hydrogens (tertiary/aromatic N) is 2. The number of Topliss-reactive ketones (excluding diaryl/α,β-unsaturated/α-hetero) is 1. The van der Waals surface area contributed by atoms with Crippen LogP contribution in [0.4, 0.5) is 0 Å². The molecule has 1 unspecified atom stereocenters. The van der Waals surface area contributed by atoms with E-state index < -0.39 is 17.7 Å². The van der Waals surface area contributed by atoms with Crippen LogP contribution in [0.3, 0.4) is 0 Å². The molecule has 1 aliphatic heterocycles. The fourth-order valence-corrected chi connectivity index (χ4v) is 4.38. The van der Waals surface area contributed by atoms with Gasteiger partial charge < -0.3 is 24.7 Å². The van der Waals surface area contributed by atoms with Crippen LogP contribution in [-0.4, -0.2) is 64.5 Å². The van der Waals surface area contributed by atoms with Gasteiger partial charge in [0.25, 0.3) is 11.7 Å². The molecule has 188 valence electrons. The first kappa shape index (κ1) is 26.3. The van der Waals surface area contributed by atoms with Gasteiger partial charge in [-0.3, -0.25) is 9.59 Å². The van der Waals surface area contributed by atoms with E-state index in [1.807, 2.05) is 0 Å². The summed E-state index contributed by atoms with van der Waals surface area (Å²) < 4.78 is 5.76. The van der Waals surface area contributed by atoms with Gasteiger partial charge in [0.2, 0.25) is 0 Å². The number of rotatable bonds is 12. The Morgan fingerprint density at radius 2 is 1.77 bits per heavy atom. The molecule has 0 bridgehead atoms. The van der Waals surface area contributed by atoms with E-state index in [1.165, 1.54) is 17.0 Å². The number of amides is 1. The number of benzene rings is 2. The van der Waals surface area contributed by atoms with E-state index in [1.54, 1.807) is 36.4 Å². The maximum Gasteiger partial charge on any atom is 0.295 e. The summed E-state index contributed by atoms with van der Waals surface area (Å²) in [6.07, 6.45) is 2.60. The predicted octanol–water partition coefficient (Wildman–Crippen LogP) is 4.72. The molecule has 0 spiro atoms. The van der Waals surface area contributed by atoms with Gasteiger partial charge in [-0.15, -0.1) is 0 Å². The number of hydrogen-bond acceptors (Lipinski definition) is 6. The summed E-state index contributed by atoms with van der Waals surface area (Å²) in [6.45, 7) is 9.77. The zero-order valence-corrected chi connectivity index (χ0v) is 20.9. The summed E-state index contributed by atoms with van der Waals surface area (Å²) in [5.74, 6) is -0.998. The number of carbonyl (C=O) groups excluding carboxylic acids is 2. The molecule has 0 aliphatic carbocycles. The van der Waals surface area contributed by atoms with Gasteiger partial charge in [0.15, 0.2) is 0 Å². The Bertz CT molecular complexity index is 1060. The Morgan fingerprint density at radius 3 is 2.46 bits per heavy atom. The highest BCUT2D eigenvalue weighted by molar-refractivity contribution is 6.46. The molecular formula is C28H36N2O5. The Balaban J connectivity index is 1.99. The van der Waals surface area contributed by atoms with Crippen molar-refractivity contribution >= 4 is 17.4 Å². The Labute approximate surface area is 207 Å². The summed E-state index contributed by atoms with van der Waals surface area (Å²) in [7, 11) is 0. The highest BCUT2D eigenvalue weighted by Crippen LogP contribution is 2.40. The third kappa shape index (κ3) is 6.22. The van der Waals surface area contributed by atoms with E-state index >= 15 is 0 Å². The van der Waals surface area contributed by atoms with E-state index in [9.17, 15) is 19.8 Å². The summed E-state index contributed by atoms with van der Waals surface area (Å²) in [4.78, 5) is 30.1. The second-order valence-corrected chi connectivity index (χ2v) is 8.70. The molecule has 1 saturated heterocycles. The van der Waals surface area contributed by atoms with Crippen LogP contribution in [0.1, 0.15) is 57.2 Å². The first-order chi connectivity index (χ1) is 16.9. The van der Waals surface area contributed by atoms with Gasteiger partial charge >= 0.3 is 0 Å². The second kappa shape index (κ2) is 12.4. The number of unbranched alkanes of at least 4 members (excludes halogenated alkanes) is 1. The Hall–Kier alpha value is -3.32. The molecule has 1 aliphatic rings. The molecule has 0 radical (unpaired) electrons. The maximum absolute atomic E-state index is 13.2. The molecule has 2 N–H and O–H groups in total. The zero-order valence-electron chi connectivity index (χ0n) is 20.9. The quantitative estimate of drug-likeness (QED) is 0.198. The van der Waals surface area contributed by atoms with Gasteiger partial charge in [-0.05, 0) is 62.3 Å². The average molecular weight is 481 g/mol. The number of likely N-dealkylation sites (tertiary alicyclic amines) is 1. The van der Waals surface area contributed by atoms with Crippen LogP contribution in [0, 0.1) is 0 Å². The van der Waals surface area contributed by atoms with Gasteiger partial charge in [0, 0.05) is 12.1 Å². The molecule has 35 heavy (non-hydrogen) atoms. The van der Waals surface area contributed by atoms with Crippen molar-refractivity contribution in [1.82, 2.24) is 9.80 Å². The minimum atomic E-state index is -0.788. The monoisotopic (exact) mass is 480 g/mol. The molecule has 0 saturated carbocycles. The molecule has 1 atom stereocenters. The number of hydrogen-bond donors (Lipinski definition) is 2. The molecule has 1 heterocycles. The lowest BCUT2D eigenvalue weighted by atomic mass is 9.95. The topological polar surface area (TPSA) is 90.3 Å². The fourth-order valence-electron chi connectivity index (χ4n) is 4.38. The molecular weight excluding hydrogens is 444 g/mol. The summed E-state index contributed by atoms with van der Waals surface area (Å²) in [5.41, 5.74) is 1.00. The number of phenolic OH excluding ortho intramolecular Hbond substituents is 1. The molecule has 7 nitrogen and oxygen atoms in total. The van der Waals surface area contributed by atoms with Crippen LogP contribution in [-0.2, 0) is 9.59 Å². The lowest BCUT2D eigenvalue weighted by Crippen LogP contribution is -2.33. The molecule has 2 aromatic rings. The van der Waals surface area contributed by atoms with Crippen molar-refractivity contribution in [3.8, 4) is 11.5 Å². The lowest BCUT2D eigenvalue weighted by Gasteiger charge is -2.27. The number of aliphatic hydroxyl groups is 1. The van der Waals surface area contributed by atoms with Crippen LogP contribution in [0.5, 0.6) is 11.5 Å². The van der Waals surface area contributed by atoms with Crippen molar-refractivity contribution in [1.29, 1.82) is 0 Å². The van der Waals surface area contributed by atoms with Crippen LogP contribution >= 0.6 is 0 Å². The molecule has 1 fully saturated rings. The molecule has 3 rings (SSSR count). The van der Waals surface area contributed by atoms with Crippen molar-refractivity contribution in [2.45, 2.75) is 46.1 Å². The maximum atomic E-state index is 13.2. The summed E-state index contributed by atoms with van der Waals surface area (Å²) >= 11 is 0. The third-order valence-corrected chi connectivity index (χ3v) is 6.37. The van der Waals surface area contributed by atoms with E-state index in [4.69, 9.17) is 4.74 Å². The second-order valence-electron chi connectivity index (χ2n) is 8.70. The zero-order chi connectivity index (χ0) is 25.4. The van der Waals surface area contributed by atoms with Gasteiger partial charge in [0.05, 0.1) is 18.2 Å². The van der Waals surface area contributed by atoms with Crippen molar-refractivity contribution in [3.05, 3.63) is 65.2 Å². The van der Waals surface area contributed by atoms with Crippen molar-refractivity contribution in [2.24, 2.45) is 0 Å². The number of ether oxygens (including phenoxy) is 1. The van der Waals surface area contributed by atoms with Crippen LogP contribution in [0.2, 0.25) is 0 Å². The summed E-state index contributed by atoms with van der Waals surface area (Å²) in [6, 6.07) is 12.6. The van der Waals surface area contributed by atoms with Gasteiger partial charge in [-0.1, -0.05) is 51.5 Å². The standard InChI is InChI=1S/C28H36N2O5/c1-4-7-17-35-23-14-9-12-21(19-23)26(32)24-25(20-11-8-13-22(31)18-20)30(28(34)27(24)33)16-10-15-29(5-2)6-3/h8-9,11-14,18-19,25,31-32H,4-7,10,15-17H2,1-3H3. The van der Waals surface area contributed by atoms with Crippen LogP contribution < -0.4 is 4.74 Å². The minimum Gasteiger partial charge on any atom is -0.508 e. The van der Waals surface area contributed by atoms with Crippen molar-refractivity contribution < 1.29 is 24.5 Å². The highest BCUT2D eigenvalue weighted by atomic mass is 16.5. The van der Waals surface area contributed by atoms with Crippen LogP contribution in [0.15, 0.2) is 54.1 Å². The molecule has 7 heteroatoms. The molecule has 2 aromatic carbocycles. The lowest BCUT2D eigenvalue weighted by molar-refractivity contribution is -0.140. The number of aliphatic hydroxyl groups excluding tert-OH is 1. The fraction of sp³-hybridized carbons (Fsp3) is 0.429. The third-order valence-electron chi connectivity index (χ3n) is 6.37. The number of phenols is 1. The normalized spacial score (nSPS) is 17.4. The van der Waals surface area contributed by atoms with E-state index in [0.717, 1.165) is 32.5 Å². The Morgan fingerprint density at radius 1 is 1.03 bits per heavy atom. The van der Waals surface area contributed by atoms with Crippen molar-refractivity contribution in [2.75, 3.05) is 32.8 Å². The minimum absolute atomic E-state index is 0.0224. The number of carbonyl (C=O) groups is 2. The predicted molar refractivity (Wildman–Crippen MR) is 136 cm³/mol. The molecule has 1 amide bonds. The van der Waals surface area contributed by atoms with Gasteiger partial charge in [-0.2, -0.15) is 0 Å². The van der Waals surface area contributed by atoms with E-state index in [-0.39, 0.29) is 17.1 Å². The number of aromatic hydroxyl groups is 1. The van der Waals surface area contributed by atoms with Gasteiger partial charge in [-0.25, -0.2) is 0 Å². The SMILES string of the molecule is CCCCOc1cccc(C(O)=C2C(=O)C(=O)N(CCCN(CC)CC)C2c2cccc(O)c2)c1. The largest absolute Gasteiger partial charge is 0.508 e. The first-order valence-corrected chi connectivity index (χ1v) is 12.4. The van der Waals surface area contributed by atoms with Crippen LogP contribution in [0.25, 0.3) is 5.76 Å². The first-order valence-electron chi connectivity index (χ1n) is 12.4. The molecule has 0 aromatic heterocycles. The van der Waals surface area contributed by atoms with E-state index in [0.29, 0.717) is 36.4 Å².